The van der Waals surface area contributed by atoms with Gasteiger partial charge in [-0.2, -0.15) is 0 Å². The van der Waals surface area contributed by atoms with Gasteiger partial charge in [-0.3, -0.25) is 0 Å². The van der Waals surface area contributed by atoms with Crippen molar-refractivity contribution in [2.24, 2.45) is 0 Å². The molecule has 0 aliphatic heterocycles. The van der Waals surface area contributed by atoms with Gasteiger partial charge in [-0.25, -0.2) is 0 Å². The van der Waals surface area contributed by atoms with Crippen LogP contribution in [0.4, 0.5) is 0 Å². The summed E-state index contributed by atoms with van der Waals surface area (Å²) < 4.78 is 33.6. The Bertz CT molecular complexity index is 299. The summed E-state index contributed by atoms with van der Waals surface area (Å²) in [6, 6.07) is 0.890. The van der Waals surface area contributed by atoms with Gasteiger partial charge >= 0.3 is 17.6 Å². The van der Waals surface area contributed by atoms with Gasteiger partial charge in [-0.05, 0) is 41.5 Å². The second-order valence-electron chi connectivity index (χ2n) is 7.30. The van der Waals surface area contributed by atoms with Crippen molar-refractivity contribution < 1.29 is 26.6 Å². The Hall–Kier alpha value is 0.194. The van der Waals surface area contributed by atoms with Crippen LogP contribution in [0.1, 0.15) is 68.7 Å². The van der Waals surface area contributed by atoms with Gasteiger partial charge in [0.05, 0.1) is 0 Å². The van der Waals surface area contributed by atoms with E-state index in [-0.39, 0.29) is 18.3 Å². The van der Waals surface area contributed by atoms with Gasteiger partial charge < -0.3 is 26.6 Å². The van der Waals surface area contributed by atoms with E-state index in [4.69, 9.17) is 26.6 Å². The zero-order valence-electron chi connectivity index (χ0n) is 19.2. The maximum atomic E-state index is 5.99. The maximum absolute atomic E-state index is 5.99. The molecule has 0 bridgehead atoms. The lowest BCUT2D eigenvalue weighted by atomic mass is 10.5. The molecule has 0 saturated carbocycles. The fraction of sp³-hybridized carbons (Fsp3) is 1.00. The van der Waals surface area contributed by atoms with Gasteiger partial charge in [0.2, 0.25) is 0 Å². The molecule has 0 aliphatic carbocycles. The summed E-state index contributed by atoms with van der Waals surface area (Å²) in [4.78, 5) is 0. The molecule has 0 spiro atoms. The molecule has 0 aromatic carbocycles. The Morgan fingerprint density at radius 2 is 0.923 bits per heavy atom. The van der Waals surface area contributed by atoms with Gasteiger partial charge in [0.1, 0.15) is 0 Å². The Labute approximate surface area is 164 Å². The largest absolute Gasteiger partial charge is 0.502 e. The predicted molar refractivity (Wildman–Crippen MR) is 111 cm³/mol. The van der Waals surface area contributed by atoms with Crippen LogP contribution in [-0.2, 0) is 26.6 Å². The molecule has 0 unspecified atom stereocenters. The van der Waals surface area contributed by atoms with Gasteiger partial charge in [0.15, 0.2) is 0 Å². The van der Waals surface area contributed by atoms with E-state index in [1.165, 1.54) is 0 Å². The lowest BCUT2D eigenvalue weighted by Crippen LogP contribution is -2.50. The first kappa shape index (κ1) is 28.4. The molecule has 0 aliphatic rings. The first-order valence-electron chi connectivity index (χ1n) is 9.62. The topological polar surface area (TPSA) is 55.4 Å². The molecule has 0 saturated heterocycles. The summed E-state index contributed by atoms with van der Waals surface area (Å²) in [5, 5.41) is 0. The van der Waals surface area contributed by atoms with Crippen LogP contribution >= 0.6 is 0 Å². The van der Waals surface area contributed by atoms with Gasteiger partial charge in [0, 0.05) is 51.2 Å². The van der Waals surface area contributed by atoms with E-state index >= 15 is 0 Å². The molecule has 8 heteroatoms. The van der Waals surface area contributed by atoms with Crippen molar-refractivity contribution >= 4 is 17.6 Å². The summed E-state index contributed by atoms with van der Waals surface area (Å²) in [5.74, 6) is 0. The van der Waals surface area contributed by atoms with Gasteiger partial charge in [-0.1, -0.05) is 27.2 Å². The number of rotatable bonds is 12. The molecule has 0 aromatic rings. The molecule has 0 radical (unpaired) electrons. The zero-order chi connectivity index (χ0) is 21.0. The summed E-state index contributed by atoms with van der Waals surface area (Å²) in [6.45, 7) is 18.4. The minimum atomic E-state index is -2.48. The van der Waals surface area contributed by atoms with Crippen molar-refractivity contribution in [3.63, 3.8) is 0 Å². The summed E-state index contributed by atoms with van der Waals surface area (Å²) in [5.41, 5.74) is 0.312. The van der Waals surface area contributed by atoms with Crippen molar-refractivity contribution in [3.8, 4) is 0 Å². The van der Waals surface area contributed by atoms with E-state index < -0.39 is 17.6 Å². The molecular formula is C18H44O6Si2. The van der Waals surface area contributed by atoms with E-state index in [0.29, 0.717) is 5.54 Å². The van der Waals surface area contributed by atoms with E-state index in [1.807, 2.05) is 55.4 Å². The SMILES string of the molecule is CCC[Si](OC(C)C)(OC(C)C)OC(C)C.CO[Si](OC)(OC)C(C)C. The van der Waals surface area contributed by atoms with E-state index in [2.05, 4.69) is 6.92 Å². The highest BCUT2D eigenvalue weighted by molar-refractivity contribution is 6.62. The van der Waals surface area contributed by atoms with Crippen molar-refractivity contribution in [2.75, 3.05) is 21.3 Å². The van der Waals surface area contributed by atoms with E-state index in [0.717, 1.165) is 12.5 Å². The molecular weight excluding hydrogens is 368 g/mol. The minimum Gasteiger partial charge on any atom is -0.377 e. The highest BCUT2D eigenvalue weighted by Crippen LogP contribution is 2.23. The van der Waals surface area contributed by atoms with E-state index in [1.54, 1.807) is 21.3 Å². The standard InChI is InChI=1S/C12H28O3Si.C6H16O3Si/c1-8-9-16(13-10(2)3,14-11(4)5)15-12(6)7;1-6(2)10(7-3,8-4)9-5/h10-12H,8-9H2,1-7H3;6H,1-5H3. The molecule has 0 atom stereocenters. The Kier molecular flexibility index (Phi) is 15.5. The van der Waals surface area contributed by atoms with Crippen LogP contribution in [0.3, 0.4) is 0 Å². The lowest BCUT2D eigenvalue weighted by molar-refractivity contribution is 0.00313. The summed E-state index contributed by atoms with van der Waals surface area (Å²) >= 11 is 0. The summed E-state index contributed by atoms with van der Waals surface area (Å²) in [7, 11) is 0.0932. The third kappa shape index (κ3) is 11.1. The molecule has 0 aromatic heterocycles. The third-order valence-electron chi connectivity index (χ3n) is 3.36. The third-order valence-corrected chi connectivity index (χ3v) is 10.1. The first-order chi connectivity index (χ1) is 11.9. The Morgan fingerprint density at radius 3 is 1.04 bits per heavy atom. The second kappa shape index (κ2) is 14.2. The van der Waals surface area contributed by atoms with Crippen LogP contribution in [0, 0.1) is 0 Å². The van der Waals surface area contributed by atoms with Crippen LogP contribution < -0.4 is 0 Å². The van der Waals surface area contributed by atoms with Crippen LogP contribution in [0.2, 0.25) is 11.6 Å². The van der Waals surface area contributed by atoms with Crippen molar-refractivity contribution in [1.29, 1.82) is 0 Å². The van der Waals surface area contributed by atoms with Crippen molar-refractivity contribution in [2.45, 2.75) is 98.6 Å². The summed E-state index contributed by atoms with van der Waals surface area (Å²) in [6.07, 6.45) is 1.47. The van der Waals surface area contributed by atoms with Crippen molar-refractivity contribution in [3.05, 3.63) is 0 Å². The molecule has 0 rings (SSSR count). The highest BCUT2D eigenvalue weighted by Gasteiger charge is 2.43. The number of hydrogen-bond donors (Lipinski definition) is 0. The molecule has 26 heavy (non-hydrogen) atoms. The lowest BCUT2D eigenvalue weighted by Gasteiger charge is -2.34. The van der Waals surface area contributed by atoms with Crippen LogP contribution in [-0.4, -0.2) is 57.3 Å². The average Bonchev–Trinajstić information content (AvgIpc) is 2.47. The van der Waals surface area contributed by atoms with Crippen LogP contribution in [0.5, 0.6) is 0 Å². The minimum absolute atomic E-state index is 0.149. The fourth-order valence-electron chi connectivity index (χ4n) is 2.60. The van der Waals surface area contributed by atoms with Crippen LogP contribution in [0.25, 0.3) is 0 Å². The first-order valence-corrected chi connectivity index (χ1v) is 13.4. The number of hydrogen-bond acceptors (Lipinski definition) is 6. The molecule has 6 nitrogen and oxygen atoms in total. The zero-order valence-corrected chi connectivity index (χ0v) is 21.2. The Balaban J connectivity index is 0. The predicted octanol–water partition coefficient (Wildman–Crippen LogP) is 4.88. The molecule has 0 heterocycles. The molecule has 0 N–H and O–H groups in total. The molecule has 0 amide bonds. The van der Waals surface area contributed by atoms with Crippen molar-refractivity contribution in [1.82, 2.24) is 0 Å². The monoisotopic (exact) mass is 412 g/mol. The fourth-order valence-corrected chi connectivity index (χ4v) is 7.80. The normalized spacial score (nSPS) is 12.9. The van der Waals surface area contributed by atoms with Crippen LogP contribution in [0.15, 0.2) is 0 Å². The molecule has 0 fully saturated rings. The Morgan fingerprint density at radius 1 is 0.615 bits per heavy atom. The average molecular weight is 413 g/mol. The maximum Gasteiger partial charge on any atom is 0.502 e. The highest BCUT2D eigenvalue weighted by atomic mass is 28.4. The van der Waals surface area contributed by atoms with Gasteiger partial charge in [0.25, 0.3) is 0 Å². The second-order valence-corrected chi connectivity index (χ2v) is 13.5. The van der Waals surface area contributed by atoms with E-state index in [9.17, 15) is 0 Å². The molecule has 160 valence electrons. The smallest absolute Gasteiger partial charge is 0.377 e. The van der Waals surface area contributed by atoms with Gasteiger partial charge in [-0.15, -0.1) is 0 Å². The quantitative estimate of drug-likeness (QED) is 0.426.